The first-order valence-electron chi connectivity index (χ1n) is 18.4. The number of carboxylic acid groups (broad SMARTS) is 2. The van der Waals surface area contributed by atoms with Crippen LogP contribution in [0.1, 0.15) is 56.1 Å². The predicted molar refractivity (Wildman–Crippen MR) is 211 cm³/mol. The third-order valence-corrected chi connectivity index (χ3v) is 13.9. The van der Waals surface area contributed by atoms with E-state index in [0.717, 1.165) is 36.7 Å². The number of benzene rings is 1. The van der Waals surface area contributed by atoms with Crippen LogP contribution in [0.3, 0.4) is 0 Å². The van der Waals surface area contributed by atoms with Gasteiger partial charge in [-0.25, -0.2) is 14.6 Å². The van der Waals surface area contributed by atoms with Crippen molar-refractivity contribution in [2.75, 3.05) is 38.5 Å². The van der Waals surface area contributed by atoms with Crippen molar-refractivity contribution in [1.82, 2.24) is 25.1 Å². The summed E-state index contributed by atoms with van der Waals surface area (Å²) < 4.78 is 2.16. The van der Waals surface area contributed by atoms with Crippen molar-refractivity contribution in [3.8, 4) is 11.5 Å². The first-order chi connectivity index (χ1) is 27.2. The molecule has 4 fully saturated rings. The molecule has 308 valence electrons. The Balaban J connectivity index is 1.03. The maximum atomic E-state index is 13.7. The lowest BCUT2D eigenvalue weighted by atomic mass is 9.70. The normalized spacial score (nSPS) is 25.6. The highest BCUT2D eigenvalue weighted by Gasteiger charge is 2.58. The number of fused-ring (bicyclic) bond motifs is 5. The highest BCUT2D eigenvalue weighted by atomic mass is 32.2. The molecule has 3 aromatic rings. The number of hydrogen-bond donors (Lipinski definition) is 7. The van der Waals surface area contributed by atoms with Crippen LogP contribution in [0.5, 0.6) is 11.5 Å². The van der Waals surface area contributed by atoms with Crippen molar-refractivity contribution < 1.29 is 53.7 Å². The molecule has 0 radical (unpaired) electrons. The fraction of sp³-hybridized carbons (Fsp3) is 0.459. The van der Waals surface area contributed by atoms with Crippen molar-refractivity contribution in [2.24, 2.45) is 17.6 Å². The maximum Gasteiger partial charge on any atom is 0.352 e. The average Bonchev–Trinajstić information content (AvgIpc) is 3.61. The second kappa shape index (κ2) is 14.6. The molecule has 19 nitrogen and oxygen atoms in total. The van der Waals surface area contributed by atoms with E-state index in [1.807, 2.05) is 6.92 Å². The second-order valence-corrected chi connectivity index (χ2v) is 18.2. The van der Waals surface area contributed by atoms with Crippen LogP contribution in [0.2, 0.25) is 0 Å². The Kier molecular flexibility index (Phi) is 10.2. The summed E-state index contributed by atoms with van der Waals surface area (Å²) in [6.45, 7) is 7.24. The third kappa shape index (κ3) is 7.10. The molecular weight excluding hydrogens is 797 g/mol. The van der Waals surface area contributed by atoms with E-state index >= 15 is 0 Å². The van der Waals surface area contributed by atoms with Gasteiger partial charge in [0.25, 0.3) is 17.7 Å². The number of phenolic OH excluding ortho intramolecular Hbond substituents is 2. The number of carboxylic acids is 2. The Morgan fingerprint density at radius 2 is 1.76 bits per heavy atom. The van der Waals surface area contributed by atoms with Crippen molar-refractivity contribution in [2.45, 2.75) is 62.3 Å². The van der Waals surface area contributed by atoms with Gasteiger partial charge in [0.05, 0.1) is 30.5 Å². The van der Waals surface area contributed by atoms with E-state index in [0.29, 0.717) is 48.3 Å². The van der Waals surface area contributed by atoms with Crippen LogP contribution in [0.25, 0.3) is 10.9 Å². The first kappa shape index (κ1) is 40.5. The molecule has 0 aliphatic carbocycles. The lowest BCUT2D eigenvalue weighted by molar-refractivity contribution is -0.941. The number of aryl methyl sites for hydroxylation is 1. The van der Waals surface area contributed by atoms with Gasteiger partial charge in [0, 0.05) is 66.7 Å². The minimum atomic E-state index is -1.80. The minimum absolute atomic E-state index is 0.00596. The van der Waals surface area contributed by atoms with E-state index in [4.69, 9.17) is 10.6 Å². The van der Waals surface area contributed by atoms with Gasteiger partial charge in [-0.3, -0.25) is 24.1 Å². The smallest absolute Gasteiger partial charge is 0.352 e. The molecule has 5 aliphatic rings. The number of nitrogen functional groups attached to an aromatic ring is 1. The number of rotatable bonds is 12. The fourth-order valence-electron chi connectivity index (χ4n) is 8.09. The lowest BCUT2D eigenvalue weighted by Gasteiger charge is -2.56. The predicted octanol–water partition coefficient (Wildman–Crippen LogP) is 1.13. The number of β-lactam (4-membered cyclic amide) rings is 1. The van der Waals surface area contributed by atoms with Crippen molar-refractivity contribution >= 4 is 74.5 Å². The van der Waals surface area contributed by atoms with Gasteiger partial charge in [-0.15, -0.1) is 23.1 Å². The van der Waals surface area contributed by atoms with Crippen LogP contribution < -0.4 is 21.8 Å². The topological polar surface area (TPSA) is 276 Å². The zero-order chi connectivity index (χ0) is 42.1. The average molecular weight is 840 g/mol. The summed E-state index contributed by atoms with van der Waals surface area (Å²) in [6.07, 6.45) is 3.64. The zero-order valence-corrected chi connectivity index (χ0v) is 33.6. The molecule has 21 heteroatoms. The van der Waals surface area contributed by atoms with E-state index in [1.54, 1.807) is 11.6 Å². The van der Waals surface area contributed by atoms with Gasteiger partial charge < -0.3 is 50.7 Å². The summed E-state index contributed by atoms with van der Waals surface area (Å²) in [5, 5.41) is 49.7. The van der Waals surface area contributed by atoms with Crippen LogP contribution in [0.15, 0.2) is 44.9 Å². The number of oxime groups is 1. The number of aromatic nitrogens is 2. The molecular formula is C37H43N8O11S2+. The molecule has 2 bridgehead atoms. The van der Waals surface area contributed by atoms with Gasteiger partial charge >= 0.3 is 11.9 Å². The zero-order valence-electron chi connectivity index (χ0n) is 32.0. The van der Waals surface area contributed by atoms with E-state index in [9.17, 15) is 49.2 Å². The van der Waals surface area contributed by atoms with Crippen molar-refractivity contribution in [1.29, 1.82) is 0 Å². The minimum Gasteiger partial charge on any atom is -0.504 e. The second-order valence-electron chi connectivity index (χ2n) is 15.9. The summed E-state index contributed by atoms with van der Waals surface area (Å²) in [4.78, 5) is 88.7. The van der Waals surface area contributed by atoms with Gasteiger partial charge in [0.2, 0.25) is 11.0 Å². The number of amides is 3. The number of carbonyl (C=O) groups is 5. The molecule has 4 saturated heterocycles. The molecule has 0 unspecified atom stereocenters. The van der Waals surface area contributed by atoms with E-state index in [1.165, 1.54) is 48.2 Å². The number of nitrogens with two attached hydrogens (primary N) is 1. The number of aliphatic carboxylic acids is 2. The summed E-state index contributed by atoms with van der Waals surface area (Å²) >= 11 is 2.37. The Morgan fingerprint density at radius 3 is 2.36 bits per heavy atom. The van der Waals surface area contributed by atoms with Crippen molar-refractivity contribution in [3.05, 3.63) is 56.5 Å². The van der Waals surface area contributed by atoms with E-state index in [-0.39, 0.29) is 43.9 Å². The number of nitrogens with one attached hydrogen (secondary N) is 2. The monoisotopic (exact) mass is 839 g/mol. The van der Waals surface area contributed by atoms with Crippen LogP contribution in [0.4, 0.5) is 5.13 Å². The number of thioether (sulfide) groups is 1. The summed E-state index contributed by atoms with van der Waals surface area (Å²) in [5.41, 5.74) is 3.57. The Morgan fingerprint density at radius 1 is 1.10 bits per heavy atom. The Hall–Kier alpha value is -5.67. The molecule has 0 spiro atoms. The number of thiazole rings is 1. The summed E-state index contributed by atoms with van der Waals surface area (Å²) in [6, 6.07) is 1.29. The molecule has 8 N–H and O–H groups in total. The van der Waals surface area contributed by atoms with Gasteiger partial charge in [-0.1, -0.05) is 5.16 Å². The summed E-state index contributed by atoms with van der Waals surface area (Å²) in [7, 11) is 1.64. The molecule has 3 atom stereocenters. The number of hydrogen-bond acceptors (Lipinski definition) is 14. The molecule has 8 rings (SSSR count). The van der Waals surface area contributed by atoms with Crippen molar-refractivity contribution in [3.63, 3.8) is 0 Å². The number of pyridine rings is 1. The Labute approximate surface area is 338 Å². The number of phenols is 2. The number of anilines is 1. The van der Waals surface area contributed by atoms with Gasteiger partial charge in [0.1, 0.15) is 34.9 Å². The standard InChI is InChI=1S/C37H42N8O11S2/c1-17-20(14-45-8-5-37(6-9-45,7-10-45)16-39-29(49)19-13-43(4)22-12-24(47)23(46)11-18(22)28(19)48)27(33(52)53)44-31(51)26(32(44)58-17)41-30(50)25(21-15-57-35(38)40-21)42-56-36(2,3)34(54)55/h11-13,15,17,26,32H,5-10,14,16H2,1-4H3,(H7-,38,39,40,41,42,46,47,48,49,50,52,53,54,55)/p+1/t17-,26+,32+,37?,45?/m0/s1. The third-order valence-electron chi connectivity index (χ3n) is 11.8. The SMILES string of the molecule is C[C@@H]1S[C@@H]2[C@H](NC(=O)C(=NOC(C)(C)C(=O)O)c3csc(N)n3)C(=O)N2C(C(=O)O)=C1C[N+]12CCC(CNC(=O)c3cn(C)c4cc(O)c(O)cc4c3=O)(CC1)CC2. The number of piperidine rings is 3. The number of carbonyl (C=O) groups excluding carboxylic acids is 3. The largest absolute Gasteiger partial charge is 0.504 e. The number of quaternary nitrogens is 1. The van der Waals surface area contributed by atoms with Crippen LogP contribution in [0, 0.1) is 5.41 Å². The molecule has 58 heavy (non-hydrogen) atoms. The van der Waals surface area contributed by atoms with Gasteiger partial charge in [-0.2, -0.15) is 0 Å². The molecule has 3 amide bonds. The number of nitrogens with zero attached hydrogens (tertiary/aromatic N) is 5. The highest BCUT2D eigenvalue weighted by molar-refractivity contribution is 8.00. The van der Waals surface area contributed by atoms with Crippen LogP contribution in [-0.2, 0) is 31.1 Å². The summed E-state index contributed by atoms with van der Waals surface area (Å²) in [5.74, 6) is -5.49. The molecule has 5 aliphatic heterocycles. The quantitative estimate of drug-likeness (QED) is 0.0443. The number of aromatic hydroxyl groups is 2. The maximum absolute atomic E-state index is 13.7. The molecule has 2 aromatic heterocycles. The Bertz CT molecular complexity index is 2380. The van der Waals surface area contributed by atoms with Gasteiger partial charge in [-0.05, 0) is 26.8 Å². The van der Waals surface area contributed by atoms with Crippen LogP contribution in [-0.4, -0.2) is 130 Å². The first-order valence-corrected chi connectivity index (χ1v) is 20.2. The van der Waals surface area contributed by atoms with Crippen LogP contribution >= 0.6 is 23.1 Å². The van der Waals surface area contributed by atoms with E-state index in [2.05, 4.69) is 20.8 Å². The molecule has 1 aromatic carbocycles. The van der Waals surface area contributed by atoms with Gasteiger partial charge in [0.15, 0.2) is 22.3 Å². The highest BCUT2D eigenvalue weighted by Crippen LogP contribution is 2.48. The molecule has 0 saturated carbocycles. The van der Waals surface area contributed by atoms with E-state index < -0.39 is 63.6 Å². The molecule has 7 heterocycles. The fourth-order valence-corrected chi connectivity index (χ4v) is 10.1. The lowest BCUT2D eigenvalue weighted by Crippen LogP contribution is -2.72.